The van der Waals surface area contributed by atoms with Crippen molar-refractivity contribution in [1.82, 2.24) is 19.5 Å². The van der Waals surface area contributed by atoms with Crippen LogP contribution in [0, 0.1) is 0 Å². The van der Waals surface area contributed by atoms with Crippen LogP contribution in [0.3, 0.4) is 0 Å². The molecule has 1 aliphatic heterocycles. The van der Waals surface area contributed by atoms with Crippen molar-refractivity contribution in [3.05, 3.63) is 24.8 Å². The fourth-order valence-electron chi connectivity index (χ4n) is 3.59. The van der Waals surface area contributed by atoms with Gasteiger partial charge in [0.1, 0.15) is 48.5 Å². The van der Waals surface area contributed by atoms with E-state index in [1.807, 2.05) is 0 Å². The number of hydrogen-bond acceptors (Lipinski definition) is 17. The fraction of sp³-hybridized carbons (Fsp3) is 0.611. The summed E-state index contributed by atoms with van der Waals surface area (Å²) >= 11 is 0. The van der Waals surface area contributed by atoms with Gasteiger partial charge in [0.05, 0.1) is 19.5 Å². The number of nitrogen functional groups attached to an aromatic ring is 1. The van der Waals surface area contributed by atoms with Crippen LogP contribution in [0.4, 0.5) is 5.82 Å². The van der Waals surface area contributed by atoms with Crippen LogP contribution in [0.15, 0.2) is 24.8 Å². The average Bonchev–Trinajstić information content (AvgIpc) is 3.31. The minimum absolute atomic E-state index is 0.0989. The molecule has 2 aromatic rings. The molecule has 0 saturated carbocycles. The van der Waals surface area contributed by atoms with Gasteiger partial charge in [0, 0.05) is 7.11 Å². The summed E-state index contributed by atoms with van der Waals surface area (Å²) in [4.78, 5) is 31.6. The number of aliphatic hydroxyl groups excluding tert-OH is 6. The first kappa shape index (κ1) is 32.5. The van der Waals surface area contributed by atoms with E-state index in [1.54, 1.807) is 0 Å². The van der Waals surface area contributed by atoms with E-state index in [0.29, 0.717) is 0 Å². The third-order valence-electron chi connectivity index (χ3n) is 5.48. The Kier molecular flexibility index (Phi) is 10.9. The summed E-state index contributed by atoms with van der Waals surface area (Å²) in [5.41, 5.74) is 6.25. The molecule has 0 bridgehead atoms. The molecule has 2 aromatic heterocycles. The maximum Gasteiger partial charge on any atom is 0.483 e. The molecule has 0 radical (unpaired) electrons. The van der Waals surface area contributed by atoms with Crippen molar-refractivity contribution < 1.29 is 72.4 Å². The van der Waals surface area contributed by atoms with Crippen LogP contribution in [-0.2, 0) is 32.0 Å². The molecule has 0 aromatic carbocycles. The van der Waals surface area contributed by atoms with Crippen LogP contribution in [0.25, 0.3) is 11.2 Å². The predicted molar refractivity (Wildman–Crippen MR) is 128 cm³/mol. The van der Waals surface area contributed by atoms with E-state index in [9.17, 15) is 44.4 Å². The molecule has 10 N–H and O–H groups in total. The van der Waals surface area contributed by atoms with E-state index in [0.717, 1.165) is 12.2 Å². The number of phosphoric ester groups is 2. The van der Waals surface area contributed by atoms with Crippen molar-refractivity contribution in [2.45, 2.75) is 49.1 Å². The highest BCUT2D eigenvalue weighted by atomic mass is 31.3. The molecule has 0 spiro atoms. The van der Waals surface area contributed by atoms with E-state index in [4.69, 9.17) is 20.3 Å². The number of rotatable bonds is 13. The quantitative estimate of drug-likeness (QED) is 0.0793. The molecule has 0 amide bonds. The highest BCUT2D eigenvalue weighted by Gasteiger charge is 2.50. The van der Waals surface area contributed by atoms with Gasteiger partial charge in [-0.05, 0) is 0 Å². The summed E-state index contributed by atoms with van der Waals surface area (Å²) in [6.07, 6.45) is -9.82. The van der Waals surface area contributed by atoms with Crippen molar-refractivity contribution >= 4 is 32.6 Å². The average molecular weight is 617 g/mol. The Morgan fingerprint density at radius 2 is 1.82 bits per heavy atom. The number of phosphoric acid groups is 2. The molecular formula is C18H29N5O15P2. The lowest BCUT2D eigenvalue weighted by Crippen LogP contribution is -2.61. The van der Waals surface area contributed by atoms with Gasteiger partial charge in [0.25, 0.3) is 0 Å². The minimum Gasteiger partial charge on any atom is -0.394 e. The van der Waals surface area contributed by atoms with Crippen LogP contribution in [0.5, 0.6) is 0 Å². The molecule has 40 heavy (non-hydrogen) atoms. The highest BCUT2D eigenvalue weighted by Crippen LogP contribution is 2.61. The Balaban J connectivity index is 1.58. The summed E-state index contributed by atoms with van der Waals surface area (Å²) in [6, 6.07) is 0. The fourth-order valence-corrected chi connectivity index (χ4v) is 5.69. The Hall–Kier alpha value is -1.97. The maximum atomic E-state index is 12.3. The summed E-state index contributed by atoms with van der Waals surface area (Å²) in [5, 5.41) is 58.9. The lowest BCUT2D eigenvalue weighted by Gasteiger charge is -2.41. The number of imidazole rings is 1. The smallest absolute Gasteiger partial charge is 0.394 e. The van der Waals surface area contributed by atoms with Gasteiger partial charge in [-0.1, -0.05) is 12.2 Å². The second kappa shape index (κ2) is 13.3. The zero-order chi connectivity index (χ0) is 29.8. The third-order valence-corrected chi connectivity index (χ3v) is 8.08. The Bertz CT molecular complexity index is 1270. The first-order chi connectivity index (χ1) is 18.7. The van der Waals surface area contributed by atoms with Crippen molar-refractivity contribution in [2.24, 2.45) is 0 Å². The van der Waals surface area contributed by atoms with Crippen LogP contribution < -0.4 is 5.73 Å². The molecule has 1 saturated heterocycles. The molecule has 8 unspecified atom stereocenters. The number of nitrogens with zero attached hydrogens (tertiary/aromatic N) is 4. The zero-order valence-corrected chi connectivity index (χ0v) is 22.3. The second-order valence-corrected chi connectivity index (χ2v) is 11.2. The number of anilines is 1. The third kappa shape index (κ3) is 7.65. The Morgan fingerprint density at radius 1 is 1.12 bits per heavy atom. The molecule has 226 valence electrons. The minimum atomic E-state index is -5.57. The lowest BCUT2D eigenvalue weighted by molar-refractivity contribution is -0.292. The monoisotopic (exact) mass is 617 g/mol. The van der Waals surface area contributed by atoms with E-state index in [-0.39, 0.29) is 17.0 Å². The first-order valence-corrected chi connectivity index (χ1v) is 14.2. The second-order valence-electron chi connectivity index (χ2n) is 8.24. The van der Waals surface area contributed by atoms with Gasteiger partial charge < -0.3 is 55.6 Å². The van der Waals surface area contributed by atoms with Gasteiger partial charge in [0.2, 0.25) is 0 Å². The van der Waals surface area contributed by atoms with Gasteiger partial charge in [-0.2, -0.15) is 4.31 Å². The van der Waals surface area contributed by atoms with Gasteiger partial charge in [-0.3, -0.25) is 13.6 Å². The van der Waals surface area contributed by atoms with Gasteiger partial charge in [0.15, 0.2) is 24.0 Å². The number of methoxy groups -OCH3 is 1. The normalized spacial score (nSPS) is 29.2. The predicted octanol–water partition coefficient (Wildman–Crippen LogP) is -3.12. The molecule has 1 aliphatic rings. The van der Waals surface area contributed by atoms with E-state index < -0.39 is 78.0 Å². The Labute approximate surface area is 225 Å². The summed E-state index contributed by atoms with van der Waals surface area (Å²) in [5.74, 6) is 0.0989. The summed E-state index contributed by atoms with van der Waals surface area (Å²) in [7, 11) is -9.62. The largest absolute Gasteiger partial charge is 0.483 e. The van der Waals surface area contributed by atoms with Crippen LogP contribution >= 0.6 is 15.6 Å². The number of fused-ring (bicyclic) bond motifs is 1. The molecule has 1 fully saturated rings. The summed E-state index contributed by atoms with van der Waals surface area (Å²) < 4.78 is 49.1. The molecule has 0 aliphatic carbocycles. The van der Waals surface area contributed by atoms with E-state index in [1.165, 1.54) is 24.3 Å². The van der Waals surface area contributed by atoms with Crippen molar-refractivity contribution in [3.8, 4) is 0 Å². The van der Waals surface area contributed by atoms with Crippen LogP contribution in [0.2, 0.25) is 0 Å². The lowest BCUT2D eigenvalue weighted by atomic mass is 9.96. The topological polar surface area (TPSA) is 312 Å². The molecule has 22 heteroatoms. The van der Waals surface area contributed by atoms with Gasteiger partial charge in [-0.25, -0.2) is 24.1 Å². The van der Waals surface area contributed by atoms with Crippen molar-refractivity contribution in [2.75, 3.05) is 26.1 Å². The van der Waals surface area contributed by atoms with Gasteiger partial charge in [-0.15, -0.1) is 0 Å². The standard InChI is InChI=1S/C18H29N5O15P2/c1-34-17(23-7-22-10-15(19)20-6-21-16(10)23)8(25)3-2-4-35-39(30,31)38-40(32,33)37-18-13(29)11(27)12(28)14(36-18)9(26)5-24/h2-3,6-9,11-14,17-18,24-29H,4-5H2,1H3,(H,30,31)(H,32,33)(H2,19,20,21)/b3-2+/t8-,9+,11?,12?,13?,14?,17?,18?/m0/s1. The molecule has 3 heterocycles. The number of aliphatic hydroxyl groups is 6. The van der Waals surface area contributed by atoms with E-state index >= 15 is 0 Å². The van der Waals surface area contributed by atoms with Crippen LogP contribution in [-0.4, -0.2) is 123 Å². The SMILES string of the molecule is COC([C@@H](O)/C=C/COP(=O)(O)OP(=O)(O)OC1OC([C@H](O)CO)C(O)C(O)C1O)n1cnc2c(N)ncnc21. The highest BCUT2D eigenvalue weighted by molar-refractivity contribution is 7.61. The number of nitrogens with two attached hydrogens (primary N) is 1. The number of aromatic nitrogens is 4. The first-order valence-electron chi connectivity index (χ1n) is 11.2. The maximum absolute atomic E-state index is 12.3. The number of ether oxygens (including phenoxy) is 2. The molecule has 10 atom stereocenters. The van der Waals surface area contributed by atoms with Crippen LogP contribution in [0.1, 0.15) is 6.23 Å². The molecular weight excluding hydrogens is 588 g/mol. The van der Waals surface area contributed by atoms with Crippen molar-refractivity contribution in [1.29, 1.82) is 0 Å². The zero-order valence-electron chi connectivity index (χ0n) is 20.5. The summed E-state index contributed by atoms with van der Waals surface area (Å²) in [6.45, 7) is -1.70. The molecule has 20 nitrogen and oxygen atoms in total. The number of hydrogen-bond donors (Lipinski definition) is 9. The van der Waals surface area contributed by atoms with Crippen molar-refractivity contribution in [3.63, 3.8) is 0 Å². The Morgan fingerprint density at radius 3 is 2.48 bits per heavy atom. The molecule has 3 rings (SSSR count). The van der Waals surface area contributed by atoms with Gasteiger partial charge >= 0.3 is 15.6 Å². The van der Waals surface area contributed by atoms with E-state index in [2.05, 4.69) is 28.3 Å².